The molecule has 4 fully saturated rings. The average molecular weight is 435 g/mol. The van der Waals surface area contributed by atoms with Gasteiger partial charge in [0.1, 0.15) is 0 Å². The summed E-state index contributed by atoms with van der Waals surface area (Å²) in [7, 11) is 0. The predicted molar refractivity (Wildman–Crippen MR) is 122 cm³/mol. The Morgan fingerprint density at radius 1 is 0.875 bits per heavy atom. The SMILES string of the molecule is N#Cc1ccc(C(=O)N2CCC3(CC2)CC(C(=O)N2CCCN(C4CCC4)CC2)C3)cc1. The van der Waals surface area contributed by atoms with E-state index in [9.17, 15) is 9.59 Å². The Hall–Kier alpha value is -2.39. The zero-order valence-corrected chi connectivity index (χ0v) is 19.0. The van der Waals surface area contributed by atoms with E-state index >= 15 is 0 Å². The summed E-state index contributed by atoms with van der Waals surface area (Å²) in [6.07, 6.45) is 9.12. The van der Waals surface area contributed by atoms with Gasteiger partial charge >= 0.3 is 0 Å². The van der Waals surface area contributed by atoms with E-state index in [1.807, 2.05) is 4.90 Å². The Morgan fingerprint density at radius 3 is 2.22 bits per heavy atom. The van der Waals surface area contributed by atoms with Gasteiger partial charge in [-0.1, -0.05) is 6.42 Å². The van der Waals surface area contributed by atoms with Crippen LogP contribution >= 0.6 is 0 Å². The molecule has 170 valence electrons. The fourth-order valence-electron chi connectivity index (χ4n) is 6.16. The van der Waals surface area contributed by atoms with Crippen molar-refractivity contribution >= 4 is 11.8 Å². The van der Waals surface area contributed by atoms with Crippen molar-refractivity contribution in [3.05, 3.63) is 35.4 Å². The van der Waals surface area contributed by atoms with Crippen LogP contribution in [0, 0.1) is 22.7 Å². The molecule has 0 aromatic heterocycles. The summed E-state index contributed by atoms with van der Waals surface area (Å²) in [5.41, 5.74) is 1.48. The second-order valence-corrected chi connectivity index (χ2v) is 10.4. The molecule has 0 atom stereocenters. The molecule has 1 aromatic rings. The summed E-state index contributed by atoms with van der Waals surface area (Å²) in [4.78, 5) is 32.6. The molecule has 0 N–H and O–H groups in total. The molecule has 6 nitrogen and oxygen atoms in total. The summed E-state index contributed by atoms with van der Waals surface area (Å²) in [5, 5.41) is 8.94. The number of nitriles is 1. The van der Waals surface area contributed by atoms with Gasteiger partial charge in [-0.05, 0) is 74.6 Å². The van der Waals surface area contributed by atoms with E-state index in [4.69, 9.17) is 5.26 Å². The van der Waals surface area contributed by atoms with E-state index in [2.05, 4.69) is 15.9 Å². The number of carbonyl (C=O) groups is 2. The van der Waals surface area contributed by atoms with Gasteiger partial charge in [0.25, 0.3) is 5.91 Å². The molecule has 2 aliphatic carbocycles. The number of rotatable bonds is 3. The standard InChI is InChI=1S/C26H34N4O2/c27-19-20-5-7-21(8-6-20)24(31)30-13-9-26(10-14-30)17-22(18-26)25(32)29-12-2-11-28(15-16-29)23-3-1-4-23/h5-8,22-23H,1-4,9-18H2. The molecule has 2 saturated heterocycles. The lowest BCUT2D eigenvalue weighted by molar-refractivity contribution is -0.145. The van der Waals surface area contributed by atoms with Crippen LogP contribution in [0.25, 0.3) is 0 Å². The van der Waals surface area contributed by atoms with Crippen LogP contribution in [-0.2, 0) is 4.79 Å². The van der Waals surface area contributed by atoms with Crippen molar-refractivity contribution in [2.45, 2.75) is 57.4 Å². The number of nitrogens with zero attached hydrogens (tertiary/aromatic N) is 4. The fourth-order valence-corrected chi connectivity index (χ4v) is 6.16. The molecule has 2 amide bonds. The van der Waals surface area contributed by atoms with E-state index < -0.39 is 0 Å². The number of hydrogen-bond acceptors (Lipinski definition) is 4. The van der Waals surface area contributed by atoms with Crippen LogP contribution in [0.5, 0.6) is 0 Å². The third kappa shape index (κ3) is 4.15. The summed E-state index contributed by atoms with van der Waals surface area (Å²) >= 11 is 0. The average Bonchev–Trinajstić information content (AvgIpc) is 3.02. The highest BCUT2D eigenvalue weighted by Crippen LogP contribution is 2.53. The molecule has 0 radical (unpaired) electrons. The van der Waals surface area contributed by atoms with Crippen LogP contribution in [0.15, 0.2) is 24.3 Å². The lowest BCUT2D eigenvalue weighted by Gasteiger charge is -2.52. The lowest BCUT2D eigenvalue weighted by Crippen LogP contribution is -2.53. The third-order valence-corrected chi connectivity index (χ3v) is 8.51. The Morgan fingerprint density at radius 2 is 1.59 bits per heavy atom. The maximum Gasteiger partial charge on any atom is 0.253 e. The fraction of sp³-hybridized carbons (Fsp3) is 0.654. The first-order valence-electron chi connectivity index (χ1n) is 12.4. The molecule has 0 unspecified atom stereocenters. The summed E-state index contributed by atoms with van der Waals surface area (Å²) in [6, 6.07) is 9.77. The topological polar surface area (TPSA) is 67.6 Å². The van der Waals surface area contributed by atoms with Crippen molar-refractivity contribution in [2.75, 3.05) is 39.3 Å². The normalized spacial score (nSPS) is 24.3. The molecule has 5 rings (SSSR count). The van der Waals surface area contributed by atoms with Gasteiger partial charge in [-0.3, -0.25) is 14.5 Å². The van der Waals surface area contributed by atoms with Gasteiger partial charge in [-0.2, -0.15) is 5.26 Å². The second kappa shape index (κ2) is 8.86. The number of benzene rings is 1. The Kier molecular flexibility index (Phi) is 5.94. The number of hydrogen-bond donors (Lipinski definition) is 0. The van der Waals surface area contributed by atoms with Crippen LogP contribution in [0.1, 0.15) is 67.3 Å². The number of likely N-dealkylation sites (tertiary alicyclic amines) is 1. The Balaban J connectivity index is 1.09. The van der Waals surface area contributed by atoms with Gasteiger partial charge in [0.05, 0.1) is 11.6 Å². The minimum absolute atomic E-state index is 0.0527. The largest absolute Gasteiger partial charge is 0.341 e. The second-order valence-electron chi connectivity index (χ2n) is 10.4. The molecule has 1 spiro atoms. The van der Waals surface area contributed by atoms with Gasteiger partial charge in [-0.15, -0.1) is 0 Å². The number of piperidine rings is 1. The predicted octanol–water partition coefficient (Wildman–Crippen LogP) is 3.28. The van der Waals surface area contributed by atoms with Gasteiger partial charge in [0, 0.05) is 56.8 Å². The van der Waals surface area contributed by atoms with Crippen molar-refractivity contribution in [2.24, 2.45) is 11.3 Å². The van der Waals surface area contributed by atoms with Gasteiger partial charge in [0.15, 0.2) is 0 Å². The zero-order valence-electron chi connectivity index (χ0n) is 19.0. The van der Waals surface area contributed by atoms with E-state index in [1.54, 1.807) is 24.3 Å². The molecule has 1 aromatic carbocycles. The van der Waals surface area contributed by atoms with Crippen LogP contribution in [0.2, 0.25) is 0 Å². The highest BCUT2D eigenvalue weighted by molar-refractivity contribution is 5.94. The van der Waals surface area contributed by atoms with Crippen LogP contribution < -0.4 is 0 Å². The third-order valence-electron chi connectivity index (χ3n) is 8.51. The molecule has 32 heavy (non-hydrogen) atoms. The van der Waals surface area contributed by atoms with Crippen molar-refractivity contribution in [3.63, 3.8) is 0 Å². The summed E-state index contributed by atoms with van der Waals surface area (Å²) in [5.74, 6) is 0.616. The summed E-state index contributed by atoms with van der Waals surface area (Å²) in [6.45, 7) is 5.52. The van der Waals surface area contributed by atoms with Crippen LogP contribution in [0.4, 0.5) is 0 Å². The molecule has 4 aliphatic rings. The first-order valence-corrected chi connectivity index (χ1v) is 12.4. The van der Waals surface area contributed by atoms with Crippen molar-refractivity contribution in [1.29, 1.82) is 5.26 Å². The van der Waals surface area contributed by atoms with Crippen molar-refractivity contribution in [3.8, 4) is 6.07 Å². The maximum atomic E-state index is 13.1. The molecule has 2 heterocycles. The first kappa shape index (κ1) is 21.5. The molecule has 2 saturated carbocycles. The van der Waals surface area contributed by atoms with Crippen molar-refractivity contribution < 1.29 is 9.59 Å². The maximum absolute atomic E-state index is 13.1. The Bertz CT molecular complexity index is 885. The Labute approximate surface area is 191 Å². The molecule has 2 aliphatic heterocycles. The van der Waals surface area contributed by atoms with E-state index in [0.29, 0.717) is 17.0 Å². The van der Waals surface area contributed by atoms with Crippen molar-refractivity contribution in [1.82, 2.24) is 14.7 Å². The minimum Gasteiger partial charge on any atom is -0.341 e. The zero-order chi connectivity index (χ0) is 22.1. The number of amides is 2. The van der Waals surface area contributed by atoms with Gasteiger partial charge in [-0.25, -0.2) is 0 Å². The monoisotopic (exact) mass is 434 g/mol. The highest BCUT2D eigenvalue weighted by atomic mass is 16.2. The molecular formula is C26H34N4O2. The van der Waals surface area contributed by atoms with E-state index in [-0.39, 0.29) is 17.2 Å². The molecular weight excluding hydrogens is 400 g/mol. The van der Waals surface area contributed by atoms with E-state index in [1.165, 1.54) is 19.3 Å². The molecule has 6 heteroatoms. The van der Waals surface area contributed by atoms with Gasteiger partial charge < -0.3 is 9.80 Å². The van der Waals surface area contributed by atoms with E-state index in [0.717, 1.165) is 77.4 Å². The lowest BCUT2D eigenvalue weighted by atomic mass is 9.57. The number of carbonyl (C=O) groups excluding carboxylic acids is 2. The van der Waals surface area contributed by atoms with Crippen LogP contribution in [0.3, 0.4) is 0 Å². The van der Waals surface area contributed by atoms with Crippen LogP contribution in [-0.4, -0.2) is 71.8 Å². The highest BCUT2D eigenvalue weighted by Gasteiger charge is 2.49. The first-order chi connectivity index (χ1) is 15.6. The van der Waals surface area contributed by atoms with Gasteiger partial charge in [0.2, 0.25) is 5.91 Å². The minimum atomic E-state index is 0.0527. The smallest absolute Gasteiger partial charge is 0.253 e. The molecule has 0 bridgehead atoms. The summed E-state index contributed by atoms with van der Waals surface area (Å²) < 4.78 is 0. The quantitative estimate of drug-likeness (QED) is 0.732.